The van der Waals surface area contributed by atoms with Gasteiger partial charge in [0.2, 0.25) is 0 Å². The van der Waals surface area contributed by atoms with E-state index >= 15 is 0 Å². The molecule has 2 N–H and O–H groups in total. The number of unbranched alkanes of at least 4 members (excludes halogenated alkanes) is 2. The van der Waals surface area contributed by atoms with Gasteiger partial charge in [-0.1, -0.05) is 53.4 Å². The van der Waals surface area contributed by atoms with Gasteiger partial charge in [-0.05, 0) is 51.4 Å². The SMILES string of the molecule is CC(O)C[N+](C)(C)C.CC(O)C[N+](C)(C)C.CCCCC(CC)C(=O)[O-].CCCCC(CC)C(=O)[O-]. The number of carbonyl (C=O) groups excluding carboxylic acids is 2. The molecule has 0 aromatic rings. The maximum absolute atomic E-state index is 10.3. The lowest BCUT2D eigenvalue weighted by molar-refractivity contribution is -0.873. The summed E-state index contributed by atoms with van der Waals surface area (Å²) in [5, 5.41) is 38.4. The quantitative estimate of drug-likeness (QED) is 0.337. The maximum Gasteiger partial charge on any atom is 0.104 e. The summed E-state index contributed by atoms with van der Waals surface area (Å²) in [7, 11) is 12.4. The number of carboxylic acid groups (broad SMARTS) is 2. The van der Waals surface area contributed by atoms with E-state index in [2.05, 4.69) is 56.1 Å². The molecule has 8 heteroatoms. The summed E-state index contributed by atoms with van der Waals surface area (Å²) >= 11 is 0. The molecule has 0 spiro atoms. The van der Waals surface area contributed by atoms with Gasteiger partial charge < -0.3 is 39.0 Å². The molecular formula is C28H62N2O6. The zero-order chi connectivity index (χ0) is 29.5. The Hall–Kier alpha value is -1.22. The number of aliphatic carboxylic acids is 2. The van der Waals surface area contributed by atoms with Crippen LogP contribution in [0.1, 0.15) is 92.9 Å². The second-order valence-corrected chi connectivity index (χ2v) is 11.8. The van der Waals surface area contributed by atoms with Crippen LogP contribution in [0.4, 0.5) is 0 Å². The van der Waals surface area contributed by atoms with Crippen LogP contribution in [0.25, 0.3) is 0 Å². The van der Waals surface area contributed by atoms with Crippen molar-refractivity contribution < 1.29 is 39.0 Å². The normalized spacial score (nSPS) is 14.4. The smallest absolute Gasteiger partial charge is 0.104 e. The number of aliphatic hydroxyl groups excluding tert-OH is 2. The number of likely N-dealkylation sites (N-methyl/N-ethyl adjacent to an activating group) is 2. The zero-order valence-corrected chi connectivity index (χ0v) is 25.8. The molecule has 0 rings (SSSR count). The number of carboxylic acids is 2. The first-order valence-electron chi connectivity index (χ1n) is 13.7. The van der Waals surface area contributed by atoms with Crippen molar-refractivity contribution in [2.45, 2.75) is 105 Å². The molecule has 4 atom stereocenters. The highest BCUT2D eigenvalue weighted by Gasteiger charge is 2.10. The fourth-order valence-corrected chi connectivity index (χ4v) is 3.46. The topological polar surface area (TPSA) is 121 Å². The van der Waals surface area contributed by atoms with Gasteiger partial charge in [-0.3, -0.25) is 0 Å². The van der Waals surface area contributed by atoms with Crippen molar-refractivity contribution in [2.24, 2.45) is 11.8 Å². The summed E-state index contributed by atoms with van der Waals surface area (Å²) in [6.45, 7) is 13.1. The molecule has 0 aromatic heterocycles. The van der Waals surface area contributed by atoms with Crippen molar-refractivity contribution in [1.29, 1.82) is 0 Å². The fourth-order valence-electron chi connectivity index (χ4n) is 3.46. The molecule has 0 heterocycles. The van der Waals surface area contributed by atoms with E-state index in [0.717, 1.165) is 60.6 Å². The number of hydrogen-bond acceptors (Lipinski definition) is 6. The Kier molecular flexibility index (Phi) is 28.1. The minimum absolute atomic E-state index is 0.185. The summed E-state index contributed by atoms with van der Waals surface area (Å²) in [5.41, 5.74) is 0. The first kappa shape index (κ1) is 41.9. The molecule has 0 fully saturated rings. The lowest BCUT2D eigenvalue weighted by Gasteiger charge is -2.24. The van der Waals surface area contributed by atoms with Crippen LogP contribution in [0.15, 0.2) is 0 Å². The van der Waals surface area contributed by atoms with Crippen LogP contribution in [-0.4, -0.2) is 98.7 Å². The summed E-state index contributed by atoms with van der Waals surface area (Å²) < 4.78 is 1.66. The van der Waals surface area contributed by atoms with Crippen LogP contribution in [-0.2, 0) is 9.59 Å². The largest absolute Gasteiger partial charge is 0.550 e. The van der Waals surface area contributed by atoms with Crippen LogP contribution in [0.2, 0.25) is 0 Å². The Morgan fingerprint density at radius 2 is 0.889 bits per heavy atom. The van der Waals surface area contributed by atoms with E-state index in [-0.39, 0.29) is 24.0 Å². The van der Waals surface area contributed by atoms with Gasteiger partial charge in [0, 0.05) is 11.9 Å². The van der Waals surface area contributed by atoms with E-state index in [1.807, 2.05) is 27.7 Å². The van der Waals surface area contributed by atoms with Crippen LogP contribution in [0.3, 0.4) is 0 Å². The first-order valence-corrected chi connectivity index (χ1v) is 13.7. The molecule has 4 unspecified atom stereocenters. The third-order valence-corrected chi connectivity index (χ3v) is 5.09. The molecule has 8 nitrogen and oxygen atoms in total. The highest BCUT2D eigenvalue weighted by atomic mass is 16.4. The Labute approximate surface area is 223 Å². The van der Waals surface area contributed by atoms with Crippen LogP contribution in [0, 0.1) is 11.8 Å². The van der Waals surface area contributed by atoms with E-state index in [4.69, 9.17) is 10.2 Å². The Balaban J connectivity index is -0.000000191. The van der Waals surface area contributed by atoms with Crippen molar-refractivity contribution in [3.63, 3.8) is 0 Å². The van der Waals surface area contributed by atoms with E-state index < -0.39 is 11.9 Å². The van der Waals surface area contributed by atoms with Gasteiger partial charge in [-0.15, -0.1) is 0 Å². The van der Waals surface area contributed by atoms with Crippen LogP contribution < -0.4 is 10.2 Å². The highest BCUT2D eigenvalue weighted by molar-refractivity contribution is 5.67. The van der Waals surface area contributed by atoms with Gasteiger partial charge in [0.05, 0.1) is 42.3 Å². The lowest BCUT2D eigenvalue weighted by atomic mass is 10.00. The monoisotopic (exact) mass is 522 g/mol. The fraction of sp³-hybridized carbons (Fsp3) is 0.929. The summed E-state index contributed by atoms with van der Waals surface area (Å²) in [6, 6.07) is 0. The van der Waals surface area contributed by atoms with Gasteiger partial charge in [0.15, 0.2) is 0 Å². The standard InChI is InChI=1S/2C8H16O2.2C6H16NO/c2*1-3-5-6-7(4-2)8(9)10;2*1-6(8)5-7(2,3)4/h2*7H,3-6H2,1-2H3,(H,9,10);2*6,8H,5H2,1-4H3/q;;2*+1/p-2. The van der Waals surface area contributed by atoms with Crippen molar-refractivity contribution in [2.75, 3.05) is 55.4 Å². The summed E-state index contributed by atoms with van der Waals surface area (Å²) in [5.74, 6) is -2.23. The second kappa shape index (κ2) is 24.1. The molecule has 0 aliphatic heterocycles. The Morgan fingerprint density at radius 1 is 0.639 bits per heavy atom. The molecule has 220 valence electrons. The third-order valence-electron chi connectivity index (χ3n) is 5.09. The molecule has 0 amide bonds. The van der Waals surface area contributed by atoms with Crippen molar-refractivity contribution in [3.05, 3.63) is 0 Å². The molecule has 0 aromatic carbocycles. The van der Waals surface area contributed by atoms with Crippen molar-refractivity contribution in [1.82, 2.24) is 0 Å². The number of aliphatic hydroxyl groups is 2. The number of nitrogens with zero attached hydrogens (tertiary/aromatic N) is 2. The summed E-state index contributed by atoms with van der Waals surface area (Å²) in [6.07, 6.45) is 6.67. The van der Waals surface area contributed by atoms with E-state index in [1.165, 1.54) is 0 Å². The van der Waals surface area contributed by atoms with Crippen molar-refractivity contribution in [3.8, 4) is 0 Å². The van der Waals surface area contributed by atoms with Crippen LogP contribution >= 0.6 is 0 Å². The number of quaternary nitrogens is 2. The van der Waals surface area contributed by atoms with Crippen molar-refractivity contribution >= 4 is 11.9 Å². The minimum Gasteiger partial charge on any atom is -0.550 e. The third kappa shape index (κ3) is 40.0. The van der Waals surface area contributed by atoms with E-state index in [0.29, 0.717) is 12.8 Å². The Bertz CT molecular complexity index is 465. The molecule has 0 radical (unpaired) electrons. The van der Waals surface area contributed by atoms with E-state index in [9.17, 15) is 19.8 Å². The molecular weight excluding hydrogens is 460 g/mol. The predicted molar refractivity (Wildman–Crippen MR) is 146 cm³/mol. The molecule has 36 heavy (non-hydrogen) atoms. The number of hydrogen-bond donors (Lipinski definition) is 2. The number of carbonyl (C=O) groups is 2. The average molecular weight is 523 g/mol. The van der Waals surface area contributed by atoms with Gasteiger partial charge in [0.1, 0.15) is 25.3 Å². The van der Waals surface area contributed by atoms with Gasteiger partial charge in [-0.25, -0.2) is 0 Å². The minimum atomic E-state index is -0.893. The van der Waals surface area contributed by atoms with Gasteiger partial charge in [0.25, 0.3) is 0 Å². The molecule has 0 saturated carbocycles. The maximum atomic E-state index is 10.3. The highest BCUT2D eigenvalue weighted by Crippen LogP contribution is 2.11. The molecule has 0 saturated heterocycles. The van der Waals surface area contributed by atoms with Gasteiger partial charge in [-0.2, -0.15) is 0 Å². The lowest BCUT2D eigenvalue weighted by Crippen LogP contribution is -2.40. The molecule has 0 bridgehead atoms. The average Bonchev–Trinajstić information content (AvgIpc) is 2.66. The van der Waals surface area contributed by atoms with Gasteiger partial charge >= 0.3 is 0 Å². The number of rotatable bonds is 14. The zero-order valence-electron chi connectivity index (χ0n) is 25.8. The second-order valence-electron chi connectivity index (χ2n) is 11.8. The van der Waals surface area contributed by atoms with Crippen LogP contribution in [0.5, 0.6) is 0 Å². The van der Waals surface area contributed by atoms with E-state index in [1.54, 1.807) is 0 Å². The first-order chi connectivity index (χ1) is 16.3. The Morgan fingerprint density at radius 3 is 0.972 bits per heavy atom. The molecule has 0 aliphatic rings. The molecule has 0 aliphatic carbocycles. The summed E-state index contributed by atoms with van der Waals surface area (Å²) in [4.78, 5) is 20.7. The predicted octanol–water partition coefficient (Wildman–Crippen LogP) is 2.05.